The number of rotatable bonds is 5. The Morgan fingerprint density at radius 2 is 1.90 bits per heavy atom. The van der Waals surface area contributed by atoms with Gasteiger partial charge in [-0.1, -0.05) is 19.1 Å². The number of nitrogens with zero attached hydrogens (tertiary/aromatic N) is 2. The number of ether oxygens (including phenoxy) is 2. The Kier molecular flexibility index (Phi) is 4.52. The summed E-state index contributed by atoms with van der Waals surface area (Å²) in [5.41, 5.74) is 0. The van der Waals surface area contributed by atoms with E-state index in [1.165, 1.54) is 22.7 Å². The topological polar surface area (TPSA) is 59.1 Å². The van der Waals surface area contributed by atoms with Crippen molar-refractivity contribution in [2.45, 2.75) is 13.0 Å². The Morgan fingerprint density at radius 3 is 2.50 bits per heavy atom. The molecule has 2 rings (SSSR count). The molecular weight excluding hydrogens is 280 g/mol. The van der Waals surface area contributed by atoms with Crippen LogP contribution < -0.4 is 9.47 Å². The Morgan fingerprint density at radius 1 is 1.25 bits per heavy atom. The number of para-hydroxylation sites is 2. The molecule has 1 unspecified atom stereocenters. The molecule has 0 aromatic heterocycles. The molecule has 1 atom stereocenters. The van der Waals surface area contributed by atoms with Crippen molar-refractivity contribution < 1.29 is 17.9 Å². The van der Waals surface area contributed by atoms with Crippen LogP contribution in [0.15, 0.2) is 24.3 Å². The summed E-state index contributed by atoms with van der Waals surface area (Å²) in [5, 5.41) is 0. The van der Waals surface area contributed by atoms with Crippen LogP contribution in [0.4, 0.5) is 0 Å². The third kappa shape index (κ3) is 3.05. The number of likely N-dealkylation sites (N-methyl/N-ethyl adjacent to an activating group) is 1. The van der Waals surface area contributed by atoms with E-state index in [1.807, 2.05) is 24.3 Å². The fourth-order valence-corrected chi connectivity index (χ4v) is 3.14. The van der Waals surface area contributed by atoms with E-state index in [-0.39, 0.29) is 12.6 Å². The third-order valence-electron chi connectivity index (χ3n) is 3.12. The molecule has 0 spiro atoms. The summed E-state index contributed by atoms with van der Waals surface area (Å²) in [6.07, 6.45) is -0.306. The van der Waals surface area contributed by atoms with Crippen molar-refractivity contribution in [2.24, 2.45) is 0 Å². The zero-order valence-electron chi connectivity index (χ0n) is 11.9. The second-order valence-electron chi connectivity index (χ2n) is 4.74. The van der Waals surface area contributed by atoms with Gasteiger partial charge in [0.1, 0.15) is 12.7 Å². The van der Waals surface area contributed by atoms with Gasteiger partial charge in [-0.2, -0.15) is 17.0 Å². The van der Waals surface area contributed by atoms with Gasteiger partial charge in [0, 0.05) is 20.6 Å². The lowest BCUT2D eigenvalue weighted by molar-refractivity contribution is 0.0762. The minimum atomic E-state index is -3.43. The molecule has 7 heteroatoms. The van der Waals surface area contributed by atoms with E-state index in [9.17, 15) is 8.42 Å². The molecule has 20 heavy (non-hydrogen) atoms. The maximum Gasteiger partial charge on any atom is 0.281 e. The molecule has 0 saturated heterocycles. The highest BCUT2D eigenvalue weighted by Gasteiger charge is 2.29. The lowest BCUT2D eigenvalue weighted by Crippen LogP contribution is -2.47. The smallest absolute Gasteiger partial charge is 0.281 e. The molecule has 0 radical (unpaired) electrons. The van der Waals surface area contributed by atoms with E-state index >= 15 is 0 Å². The summed E-state index contributed by atoms with van der Waals surface area (Å²) in [6, 6.07) is 7.38. The van der Waals surface area contributed by atoms with Crippen LogP contribution in [0.2, 0.25) is 0 Å². The molecule has 0 fully saturated rings. The maximum atomic E-state index is 12.1. The van der Waals surface area contributed by atoms with Crippen molar-refractivity contribution in [3.63, 3.8) is 0 Å². The van der Waals surface area contributed by atoms with Crippen LogP contribution in [0, 0.1) is 0 Å². The molecule has 1 aromatic rings. The maximum absolute atomic E-state index is 12.1. The minimum absolute atomic E-state index is 0.269. The van der Waals surface area contributed by atoms with Crippen LogP contribution in [-0.2, 0) is 10.2 Å². The van der Waals surface area contributed by atoms with E-state index in [2.05, 4.69) is 0 Å². The second kappa shape index (κ2) is 5.99. The van der Waals surface area contributed by atoms with Gasteiger partial charge in [-0.3, -0.25) is 0 Å². The fraction of sp³-hybridized carbons (Fsp3) is 0.538. The van der Waals surface area contributed by atoms with Crippen molar-refractivity contribution >= 4 is 10.2 Å². The monoisotopic (exact) mass is 300 g/mol. The number of hydrogen-bond acceptors (Lipinski definition) is 4. The fourth-order valence-electron chi connectivity index (χ4n) is 2.00. The van der Waals surface area contributed by atoms with Crippen molar-refractivity contribution in [1.82, 2.24) is 8.61 Å². The first-order chi connectivity index (χ1) is 9.45. The molecule has 112 valence electrons. The van der Waals surface area contributed by atoms with Crippen molar-refractivity contribution in [1.29, 1.82) is 0 Å². The van der Waals surface area contributed by atoms with Gasteiger partial charge in [-0.05, 0) is 12.1 Å². The lowest BCUT2D eigenvalue weighted by atomic mass is 10.2. The normalized spacial score (nSPS) is 18.6. The van der Waals surface area contributed by atoms with Crippen molar-refractivity contribution in [2.75, 3.05) is 33.8 Å². The van der Waals surface area contributed by atoms with Gasteiger partial charge >= 0.3 is 0 Å². The van der Waals surface area contributed by atoms with Crippen LogP contribution in [-0.4, -0.2) is 56.9 Å². The Balaban J connectivity index is 2.08. The van der Waals surface area contributed by atoms with E-state index in [4.69, 9.17) is 9.47 Å². The zero-order valence-corrected chi connectivity index (χ0v) is 12.8. The molecule has 1 heterocycles. The SMILES string of the molecule is CCN(CC1COc2ccccc2O1)S(=O)(=O)N(C)C. The highest BCUT2D eigenvalue weighted by molar-refractivity contribution is 7.86. The average Bonchev–Trinajstić information content (AvgIpc) is 2.44. The van der Waals surface area contributed by atoms with E-state index in [0.717, 1.165) is 0 Å². The summed E-state index contributed by atoms with van der Waals surface area (Å²) in [6.45, 7) is 2.81. The highest BCUT2D eigenvalue weighted by Crippen LogP contribution is 2.31. The molecule has 0 amide bonds. The van der Waals surface area contributed by atoms with E-state index in [1.54, 1.807) is 6.92 Å². The van der Waals surface area contributed by atoms with Gasteiger partial charge in [-0.15, -0.1) is 0 Å². The number of fused-ring (bicyclic) bond motifs is 1. The van der Waals surface area contributed by atoms with Crippen LogP contribution in [0.3, 0.4) is 0 Å². The molecule has 0 bridgehead atoms. The van der Waals surface area contributed by atoms with Crippen LogP contribution in [0.5, 0.6) is 11.5 Å². The van der Waals surface area contributed by atoms with E-state index < -0.39 is 10.2 Å². The van der Waals surface area contributed by atoms with Gasteiger partial charge < -0.3 is 9.47 Å². The zero-order chi connectivity index (χ0) is 14.8. The molecule has 1 aliphatic heterocycles. The number of hydrogen-bond donors (Lipinski definition) is 0. The van der Waals surface area contributed by atoms with Crippen LogP contribution in [0.25, 0.3) is 0 Å². The summed E-state index contributed by atoms with van der Waals surface area (Å²) in [5.74, 6) is 1.35. The first-order valence-electron chi connectivity index (χ1n) is 6.51. The van der Waals surface area contributed by atoms with Crippen LogP contribution >= 0.6 is 0 Å². The quantitative estimate of drug-likeness (QED) is 0.812. The summed E-state index contributed by atoms with van der Waals surface area (Å²) >= 11 is 0. The summed E-state index contributed by atoms with van der Waals surface area (Å²) in [7, 11) is -0.396. The Bertz CT molecular complexity index is 559. The Hall–Kier alpha value is -1.31. The average molecular weight is 300 g/mol. The predicted octanol–water partition coefficient (Wildman–Crippen LogP) is 0.955. The standard InChI is InChI=1S/C13H20N2O4S/c1-4-15(20(16,17)14(2)3)9-11-10-18-12-7-5-6-8-13(12)19-11/h5-8,11H,4,9-10H2,1-3H3. The van der Waals surface area contributed by atoms with Gasteiger partial charge in [0.05, 0.1) is 6.54 Å². The third-order valence-corrected chi connectivity index (χ3v) is 5.10. The molecule has 1 aromatic carbocycles. The molecule has 0 N–H and O–H groups in total. The predicted molar refractivity (Wildman–Crippen MR) is 76.2 cm³/mol. The van der Waals surface area contributed by atoms with Gasteiger partial charge in [0.25, 0.3) is 10.2 Å². The van der Waals surface area contributed by atoms with Crippen molar-refractivity contribution in [3.8, 4) is 11.5 Å². The summed E-state index contributed by atoms with van der Waals surface area (Å²) < 4.78 is 38.2. The van der Waals surface area contributed by atoms with Gasteiger partial charge in [-0.25, -0.2) is 0 Å². The van der Waals surface area contributed by atoms with Gasteiger partial charge in [0.2, 0.25) is 0 Å². The first kappa shape index (κ1) is 15.1. The molecule has 0 aliphatic carbocycles. The molecular formula is C13H20N2O4S. The molecule has 6 nitrogen and oxygen atoms in total. The molecule has 0 saturated carbocycles. The van der Waals surface area contributed by atoms with E-state index in [0.29, 0.717) is 24.7 Å². The second-order valence-corrected chi connectivity index (χ2v) is 6.88. The minimum Gasteiger partial charge on any atom is -0.486 e. The van der Waals surface area contributed by atoms with Crippen molar-refractivity contribution in [3.05, 3.63) is 24.3 Å². The number of benzene rings is 1. The van der Waals surface area contributed by atoms with Crippen LogP contribution in [0.1, 0.15) is 6.92 Å². The summed E-state index contributed by atoms with van der Waals surface area (Å²) in [4.78, 5) is 0. The lowest BCUT2D eigenvalue weighted by Gasteiger charge is -2.31. The first-order valence-corrected chi connectivity index (χ1v) is 7.91. The molecule has 1 aliphatic rings. The largest absolute Gasteiger partial charge is 0.486 e. The van der Waals surface area contributed by atoms with Gasteiger partial charge in [0.15, 0.2) is 11.5 Å². The Labute approximate surface area is 120 Å². The highest BCUT2D eigenvalue weighted by atomic mass is 32.2.